The first-order valence-electron chi connectivity index (χ1n) is 11.7. The number of nitrogens with one attached hydrogen (secondary N) is 2. The Bertz CT molecular complexity index is 1530. The number of H-pyrrole nitrogens is 1. The summed E-state index contributed by atoms with van der Waals surface area (Å²) in [5.74, 6) is -3.16. The third-order valence-corrected chi connectivity index (χ3v) is 6.60. The van der Waals surface area contributed by atoms with Crippen LogP contribution in [0.3, 0.4) is 0 Å². The Labute approximate surface area is 220 Å². The second-order valence-corrected chi connectivity index (χ2v) is 9.21. The number of carboxylic acids is 1. The van der Waals surface area contributed by atoms with E-state index >= 15 is 0 Å². The fourth-order valence-corrected chi connectivity index (χ4v) is 4.38. The number of hydrogen-bond acceptors (Lipinski definition) is 5. The first-order valence-corrected chi connectivity index (χ1v) is 11.7. The van der Waals surface area contributed by atoms with Gasteiger partial charge in [0, 0.05) is 43.2 Å². The van der Waals surface area contributed by atoms with Crippen LogP contribution in [-0.4, -0.2) is 53.0 Å². The van der Waals surface area contributed by atoms with Crippen LogP contribution in [0.1, 0.15) is 33.2 Å². The number of halogens is 4. The second kappa shape index (κ2) is 10.3. The zero-order valence-corrected chi connectivity index (χ0v) is 20.9. The van der Waals surface area contributed by atoms with E-state index in [1.807, 2.05) is 23.8 Å². The molecule has 1 aliphatic rings. The topological polar surface area (TPSA) is 106 Å². The quantitative estimate of drug-likeness (QED) is 0.399. The maximum Gasteiger partial charge on any atom is 0.417 e. The average molecular weight is 545 g/mol. The van der Waals surface area contributed by atoms with Crippen LogP contribution in [-0.2, 0) is 6.18 Å². The van der Waals surface area contributed by atoms with E-state index in [1.54, 1.807) is 6.07 Å². The number of pyridine rings is 1. The lowest BCUT2D eigenvalue weighted by atomic mass is 10.00. The van der Waals surface area contributed by atoms with E-state index in [0.29, 0.717) is 31.0 Å². The molecule has 1 aromatic heterocycles. The van der Waals surface area contributed by atoms with Gasteiger partial charge >= 0.3 is 12.1 Å². The van der Waals surface area contributed by atoms with Crippen LogP contribution in [0, 0.1) is 5.82 Å². The highest BCUT2D eigenvalue weighted by Crippen LogP contribution is 2.36. The Morgan fingerprint density at radius 3 is 2.51 bits per heavy atom. The van der Waals surface area contributed by atoms with Crippen LogP contribution in [0.5, 0.6) is 0 Å². The molecule has 4 rings (SSSR count). The fourth-order valence-electron chi connectivity index (χ4n) is 4.38. The molecule has 1 amide bonds. The number of carbonyl (C=O) groups is 2. The zero-order valence-electron chi connectivity index (χ0n) is 20.9. The van der Waals surface area contributed by atoms with Crippen LogP contribution in [0.15, 0.2) is 65.7 Å². The molecule has 0 unspecified atom stereocenters. The molecule has 1 saturated heterocycles. The Kier molecular flexibility index (Phi) is 7.23. The van der Waals surface area contributed by atoms with E-state index in [0.717, 1.165) is 23.9 Å². The predicted molar refractivity (Wildman–Crippen MR) is 137 cm³/mol. The molecule has 12 heteroatoms. The van der Waals surface area contributed by atoms with Crippen LogP contribution in [0.4, 0.5) is 28.9 Å². The summed E-state index contributed by atoms with van der Waals surface area (Å²) in [4.78, 5) is 42.0. The largest absolute Gasteiger partial charge is 0.478 e. The van der Waals surface area contributed by atoms with Gasteiger partial charge in [-0.3, -0.25) is 9.59 Å². The summed E-state index contributed by atoms with van der Waals surface area (Å²) >= 11 is 0. The molecule has 8 nitrogen and oxygen atoms in total. The number of aromatic amines is 1. The molecule has 0 radical (unpaired) electrons. The second-order valence-electron chi connectivity index (χ2n) is 9.21. The molecule has 2 aromatic carbocycles. The average Bonchev–Trinajstić information content (AvgIpc) is 2.86. The lowest BCUT2D eigenvalue weighted by Gasteiger charge is -2.42. The molecule has 0 aliphatic carbocycles. The predicted octanol–water partition coefficient (Wildman–Crippen LogP) is 4.80. The number of hydrogen-bond donors (Lipinski definition) is 3. The van der Waals surface area contributed by atoms with Crippen molar-refractivity contribution < 1.29 is 32.3 Å². The number of nitrogens with zero attached hydrogens (tertiary/aromatic N) is 2. The highest BCUT2D eigenvalue weighted by molar-refractivity contribution is 6.07. The molecule has 0 saturated carbocycles. The van der Waals surface area contributed by atoms with E-state index in [2.05, 4.69) is 16.9 Å². The van der Waals surface area contributed by atoms with Crippen molar-refractivity contribution in [3.05, 3.63) is 93.8 Å². The monoisotopic (exact) mass is 544 g/mol. The van der Waals surface area contributed by atoms with Crippen molar-refractivity contribution in [1.82, 2.24) is 9.88 Å². The number of piperazine rings is 1. The number of anilines is 2. The number of aromatic nitrogens is 1. The van der Waals surface area contributed by atoms with Gasteiger partial charge in [0.1, 0.15) is 5.82 Å². The Morgan fingerprint density at radius 2 is 1.87 bits per heavy atom. The van der Waals surface area contributed by atoms with E-state index < -0.39 is 40.6 Å². The number of benzene rings is 2. The van der Waals surface area contributed by atoms with Crippen molar-refractivity contribution in [2.24, 2.45) is 0 Å². The maximum absolute atomic E-state index is 14.7. The molecule has 1 aliphatic heterocycles. The number of carbonyl (C=O) groups excluding carboxylic acids is 1. The molecular weight excluding hydrogens is 520 g/mol. The van der Waals surface area contributed by atoms with Crippen molar-refractivity contribution in [2.75, 3.05) is 30.4 Å². The standard InChI is InChI=1S/C27H24F4N4O4/c1-14-12-35(13-15(2)34(14)3)23-7-5-16(18-8-17(26(38)39)4-6-21(18)28)9-22(23)33-25(37)19-11-32-24(36)10-20(19)27(29,30)31/h4-11,15H,1,12-13H2,2-3H3,(H,32,36)(H,33,37)(H,38,39)/t15-/m0/s1. The Balaban J connectivity index is 1.83. The number of rotatable bonds is 5. The summed E-state index contributed by atoms with van der Waals surface area (Å²) in [7, 11) is 1.88. The van der Waals surface area contributed by atoms with E-state index in [9.17, 15) is 37.1 Å². The van der Waals surface area contributed by atoms with Gasteiger partial charge in [-0.1, -0.05) is 12.6 Å². The zero-order chi connectivity index (χ0) is 28.6. The van der Waals surface area contributed by atoms with Crippen molar-refractivity contribution in [3.8, 4) is 11.1 Å². The van der Waals surface area contributed by atoms with Gasteiger partial charge in [0.25, 0.3) is 5.91 Å². The molecular formula is C27H24F4N4O4. The molecule has 39 heavy (non-hydrogen) atoms. The smallest absolute Gasteiger partial charge is 0.417 e. The van der Waals surface area contributed by atoms with Gasteiger partial charge < -0.3 is 25.2 Å². The Hall–Kier alpha value is -4.61. The van der Waals surface area contributed by atoms with E-state index in [-0.39, 0.29) is 28.4 Å². The van der Waals surface area contributed by atoms with Crippen LogP contribution in [0.2, 0.25) is 0 Å². The van der Waals surface area contributed by atoms with Gasteiger partial charge in [0.2, 0.25) is 5.56 Å². The summed E-state index contributed by atoms with van der Waals surface area (Å²) in [6, 6.07) is 7.99. The third-order valence-electron chi connectivity index (χ3n) is 6.60. The molecule has 3 aromatic rings. The SMILES string of the molecule is C=C1CN(c2ccc(-c3cc(C(=O)O)ccc3F)cc2NC(=O)c2c[nH]c(=O)cc2C(F)(F)F)C[C@H](C)N1C. The summed E-state index contributed by atoms with van der Waals surface area (Å²) in [6.45, 7) is 6.82. The van der Waals surface area contributed by atoms with Crippen molar-refractivity contribution >= 4 is 23.3 Å². The molecule has 0 spiro atoms. The maximum atomic E-state index is 14.7. The molecule has 1 fully saturated rings. The number of likely N-dealkylation sites (N-methyl/N-ethyl adjacent to an activating group) is 1. The lowest BCUT2D eigenvalue weighted by Crippen LogP contribution is -2.48. The minimum atomic E-state index is -4.98. The van der Waals surface area contributed by atoms with Crippen LogP contribution >= 0.6 is 0 Å². The molecule has 204 valence electrons. The highest BCUT2D eigenvalue weighted by Gasteiger charge is 2.36. The van der Waals surface area contributed by atoms with Crippen molar-refractivity contribution in [1.29, 1.82) is 0 Å². The Morgan fingerprint density at radius 1 is 1.15 bits per heavy atom. The van der Waals surface area contributed by atoms with Gasteiger partial charge in [0.05, 0.1) is 34.6 Å². The normalized spacial score (nSPS) is 15.8. The summed E-state index contributed by atoms with van der Waals surface area (Å²) in [5, 5.41) is 11.8. The first-order chi connectivity index (χ1) is 18.3. The number of amides is 1. The van der Waals surface area contributed by atoms with Gasteiger partial charge in [-0.2, -0.15) is 13.2 Å². The molecule has 0 bridgehead atoms. The minimum absolute atomic E-state index is 0.00945. The van der Waals surface area contributed by atoms with Gasteiger partial charge in [-0.05, 0) is 42.8 Å². The fraction of sp³-hybridized carbons (Fsp3) is 0.222. The number of alkyl halides is 3. The van der Waals surface area contributed by atoms with Gasteiger partial charge in [-0.15, -0.1) is 0 Å². The molecule has 1 atom stereocenters. The van der Waals surface area contributed by atoms with Crippen LogP contribution < -0.4 is 15.8 Å². The van der Waals surface area contributed by atoms with Crippen molar-refractivity contribution in [2.45, 2.75) is 19.1 Å². The molecule has 3 N–H and O–H groups in total. The number of aromatic carboxylic acids is 1. The van der Waals surface area contributed by atoms with Gasteiger partial charge in [-0.25, -0.2) is 9.18 Å². The summed E-state index contributed by atoms with van der Waals surface area (Å²) in [5.41, 5.74) is -2.07. The third kappa shape index (κ3) is 5.64. The van der Waals surface area contributed by atoms with Crippen molar-refractivity contribution in [3.63, 3.8) is 0 Å². The van der Waals surface area contributed by atoms with Gasteiger partial charge in [0.15, 0.2) is 0 Å². The highest BCUT2D eigenvalue weighted by atomic mass is 19.4. The van der Waals surface area contributed by atoms with E-state index in [4.69, 9.17) is 0 Å². The summed E-state index contributed by atoms with van der Waals surface area (Å²) < 4.78 is 55.6. The summed E-state index contributed by atoms with van der Waals surface area (Å²) in [6.07, 6.45) is -4.30. The van der Waals surface area contributed by atoms with E-state index in [1.165, 1.54) is 12.1 Å². The first kappa shape index (κ1) is 27.4. The van der Waals surface area contributed by atoms with Crippen LogP contribution in [0.25, 0.3) is 11.1 Å². The number of carboxylic acid groups (broad SMARTS) is 1. The molecule has 2 heterocycles. The lowest BCUT2D eigenvalue weighted by molar-refractivity contribution is -0.138. The minimum Gasteiger partial charge on any atom is -0.478 e.